The molecule has 0 aromatic carbocycles. The van der Waals surface area contributed by atoms with E-state index in [0.717, 1.165) is 24.9 Å². The molecular formula is C13H16N2O. The zero-order valence-electron chi connectivity index (χ0n) is 9.30. The highest BCUT2D eigenvalue weighted by atomic mass is 16.2. The standard InChI is InChI=1S/C13H16N2O/c1-2-13(16)15-9-4-3-7-12(15)11-6-5-8-14-10-11/h2,5-6,8,10,12H,1,3-4,7,9H2/t12-/m0/s1. The first kappa shape index (κ1) is 10.9. The Hall–Kier alpha value is -1.64. The van der Waals surface area contributed by atoms with Gasteiger partial charge in [0, 0.05) is 18.9 Å². The largest absolute Gasteiger partial charge is 0.332 e. The molecule has 1 atom stereocenters. The number of piperidine rings is 1. The van der Waals surface area contributed by atoms with Crippen LogP contribution in [0.5, 0.6) is 0 Å². The van der Waals surface area contributed by atoms with Gasteiger partial charge in [0.1, 0.15) is 0 Å². The third-order valence-corrected chi connectivity index (χ3v) is 3.03. The van der Waals surface area contributed by atoms with Crippen molar-refractivity contribution in [1.29, 1.82) is 0 Å². The van der Waals surface area contributed by atoms with Crippen molar-refractivity contribution in [2.45, 2.75) is 25.3 Å². The average molecular weight is 216 g/mol. The molecule has 16 heavy (non-hydrogen) atoms. The lowest BCUT2D eigenvalue weighted by Gasteiger charge is -2.35. The molecule has 1 saturated heterocycles. The van der Waals surface area contributed by atoms with Crippen LogP contribution in [0, 0.1) is 0 Å². The molecule has 0 aliphatic carbocycles. The summed E-state index contributed by atoms with van der Waals surface area (Å²) in [4.78, 5) is 17.8. The fourth-order valence-electron chi connectivity index (χ4n) is 2.23. The monoisotopic (exact) mass is 216 g/mol. The summed E-state index contributed by atoms with van der Waals surface area (Å²) in [6, 6.07) is 4.13. The Morgan fingerprint density at radius 3 is 3.12 bits per heavy atom. The lowest BCUT2D eigenvalue weighted by atomic mass is 9.96. The predicted molar refractivity (Wildman–Crippen MR) is 62.7 cm³/mol. The van der Waals surface area contributed by atoms with Crippen molar-refractivity contribution in [3.05, 3.63) is 42.7 Å². The number of nitrogens with zero attached hydrogens (tertiary/aromatic N) is 2. The molecule has 1 aromatic rings. The van der Waals surface area contributed by atoms with Crippen molar-refractivity contribution in [3.63, 3.8) is 0 Å². The number of pyridine rings is 1. The molecule has 0 bridgehead atoms. The number of hydrogen-bond donors (Lipinski definition) is 0. The van der Waals surface area contributed by atoms with Crippen LogP contribution in [0.15, 0.2) is 37.2 Å². The molecule has 84 valence electrons. The number of amides is 1. The first-order valence-electron chi connectivity index (χ1n) is 5.66. The van der Waals surface area contributed by atoms with E-state index in [9.17, 15) is 4.79 Å². The molecule has 1 aliphatic heterocycles. The van der Waals surface area contributed by atoms with Gasteiger partial charge in [-0.15, -0.1) is 0 Å². The van der Waals surface area contributed by atoms with E-state index in [1.165, 1.54) is 12.5 Å². The van der Waals surface area contributed by atoms with E-state index in [1.807, 2.05) is 23.2 Å². The number of hydrogen-bond acceptors (Lipinski definition) is 2. The van der Waals surface area contributed by atoms with Crippen LogP contribution < -0.4 is 0 Å². The number of carbonyl (C=O) groups is 1. The molecule has 3 nitrogen and oxygen atoms in total. The molecule has 0 saturated carbocycles. The maximum Gasteiger partial charge on any atom is 0.246 e. The van der Waals surface area contributed by atoms with Crippen molar-refractivity contribution in [1.82, 2.24) is 9.88 Å². The minimum atomic E-state index is 0.0218. The molecule has 0 radical (unpaired) electrons. The second kappa shape index (κ2) is 4.92. The van der Waals surface area contributed by atoms with E-state index in [-0.39, 0.29) is 11.9 Å². The third kappa shape index (κ3) is 2.13. The first-order valence-corrected chi connectivity index (χ1v) is 5.66. The summed E-state index contributed by atoms with van der Waals surface area (Å²) >= 11 is 0. The van der Waals surface area contributed by atoms with Crippen LogP contribution in [-0.4, -0.2) is 22.3 Å². The van der Waals surface area contributed by atoms with Gasteiger partial charge < -0.3 is 4.90 Å². The van der Waals surface area contributed by atoms with E-state index in [2.05, 4.69) is 11.6 Å². The van der Waals surface area contributed by atoms with Gasteiger partial charge in [0.25, 0.3) is 0 Å². The molecule has 1 fully saturated rings. The van der Waals surface area contributed by atoms with Gasteiger partial charge in [0.2, 0.25) is 5.91 Å². The number of likely N-dealkylation sites (tertiary alicyclic amines) is 1. The van der Waals surface area contributed by atoms with E-state index in [4.69, 9.17) is 0 Å². The molecular weight excluding hydrogens is 200 g/mol. The minimum absolute atomic E-state index is 0.0218. The van der Waals surface area contributed by atoms with Crippen LogP contribution in [0.3, 0.4) is 0 Å². The number of rotatable bonds is 2. The molecule has 2 heterocycles. The maximum absolute atomic E-state index is 11.7. The summed E-state index contributed by atoms with van der Waals surface area (Å²) in [6.07, 6.45) is 8.27. The van der Waals surface area contributed by atoms with Crippen molar-refractivity contribution in [2.24, 2.45) is 0 Å². The lowest BCUT2D eigenvalue weighted by Crippen LogP contribution is -2.37. The highest BCUT2D eigenvalue weighted by molar-refractivity contribution is 5.87. The van der Waals surface area contributed by atoms with Gasteiger partial charge in [-0.05, 0) is 37.0 Å². The fourth-order valence-corrected chi connectivity index (χ4v) is 2.23. The van der Waals surface area contributed by atoms with Crippen molar-refractivity contribution < 1.29 is 4.79 Å². The summed E-state index contributed by atoms with van der Waals surface area (Å²) in [5, 5.41) is 0. The Labute approximate surface area is 95.8 Å². The van der Waals surface area contributed by atoms with Crippen LogP contribution >= 0.6 is 0 Å². The second-order valence-electron chi connectivity index (χ2n) is 4.03. The number of aromatic nitrogens is 1. The van der Waals surface area contributed by atoms with Gasteiger partial charge >= 0.3 is 0 Å². The average Bonchev–Trinajstić information content (AvgIpc) is 2.39. The van der Waals surface area contributed by atoms with E-state index < -0.39 is 0 Å². The van der Waals surface area contributed by atoms with Crippen LogP contribution in [-0.2, 0) is 4.79 Å². The van der Waals surface area contributed by atoms with Gasteiger partial charge in [0.15, 0.2) is 0 Å². The third-order valence-electron chi connectivity index (χ3n) is 3.03. The fraction of sp³-hybridized carbons (Fsp3) is 0.385. The summed E-state index contributed by atoms with van der Waals surface area (Å²) in [5.74, 6) is 0.0218. The maximum atomic E-state index is 11.7. The van der Waals surface area contributed by atoms with Crippen molar-refractivity contribution in [2.75, 3.05) is 6.54 Å². The molecule has 2 rings (SSSR count). The Kier molecular flexibility index (Phi) is 3.34. The smallest absolute Gasteiger partial charge is 0.246 e. The summed E-state index contributed by atoms with van der Waals surface area (Å²) in [7, 11) is 0. The second-order valence-corrected chi connectivity index (χ2v) is 4.03. The predicted octanol–water partition coefficient (Wildman–Crippen LogP) is 2.32. The highest BCUT2D eigenvalue weighted by Crippen LogP contribution is 2.30. The summed E-state index contributed by atoms with van der Waals surface area (Å²) in [6.45, 7) is 4.38. The number of carbonyl (C=O) groups excluding carboxylic acids is 1. The Balaban J connectivity index is 2.23. The van der Waals surface area contributed by atoms with E-state index >= 15 is 0 Å². The zero-order chi connectivity index (χ0) is 11.4. The molecule has 0 N–H and O–H groups in total. The highest BCUT2D eigenvalue weighted by Gasteiger charge is 2.26. The van der Waals surface area contributed by atoms with Gasteiger partial charge in [-0.2, -0.15) is 0 Å². The van der Waals surface area contributed by atoms with Crippen LogP contribution in [0.1, 0.15) is 30.9 Å². The molecule has 0 spiro atoms. The van der Waals surface area contributed by atoms with Gasteiger partial charge in [-0.3, -0.25) is 9.78 Å². The Morgan fingerprint density at radius 2 is 2.44 bits per heavy atom. The first-order chi connectivity index (χ1) is 7.83. The van der Waals surface area contributed by atoms with Crippen molar-refractivity contribution in [3.8, 4) is 0 Å². The van der Waals surface area contributed by atoms with Crippen LogP contribution in [0.25, 0.3) is 0 Å². The zero-order valence-corrected chi connectivity index (χ0v) is 9.30. The summed E-state index contributed by atoms with van der Waals surface area (Å²) in [5.41, 5.74) is 1.12. The van der Waals surface area contributed by atoms with Gasteiger partial charge in [-0.25, -0.2) is 0 Å². The molecule has 1 aliphatic rings. The molecule has 1 amide bonds. The summed E-state index contributed by atoms with van der Waals surface area (Å²) < 4.78 is 0. The molecule has 1 aromatic heterocycles. The quantitative estimate of drug-likeness (QED) is 0.711. The van der Waals surface area contributed by atoms with Crippen LogP contribution in [0.2, 0.25) is 0 Å². The molecule has 0 unspecified atom stereocenters. The Bertz CT molecular complexity index is 375. The van der Waals surface area contributed by atoms with Gasteiger partial charge in [-0.1, -0.05) is 12.6 Å². The normalized spacial score (nSPS) is 20.5. The van der Waals surface area contributed by atoms with E-state index in [1.54, 1.807) is 6.20 Å². The SMILES string of the molecule is C=CC(=O)N1CCCC[C@H]1c1cccnc1. The van der Waals surface area contributed by atoms with E-state index in [0.29, 0.717) is 0 Å². The Morgan fingerprint density at radius 1 is 1.56 bits per heavy atom. The lowest BCUT2D eigenvalue weighted by molar-refractivity contribution is -0.129. The molecule has 3 heteroatoms. The minimum Gasteiger partial charge on any atom is -0.332 e. The topological polar surface area (TPSA) is 33.2 Å². The van der Waals surface area contributed by atoms with Crippen LogP contribution in [0.4, 0.5) is 0 Å². The van der Waals surface area contributed by atoms with Crippen molar-refractivity contribution >= 4 is 5.91 Å². The van der Waals surface area contributed by atoms with Gasteiger partial charge in [0.05, 0.1) is 6.04 Å².